The van der Waals surface area contributed by atoms with E-state index in [1.54, 1.807) is 19.1 Å². The fourth-order valence-electron chi connectivity index (χ4n) is 2.52. The van der Waals surface area contributed by atoms with Crippen molar-refractivity contribution in [3.63, 3.8) is 0 Å². The number of carbonyl (C=O) groups is 1. The van der Waals surface area contributed by atoms with E-state index in [0.717, 1.165) is 12.0 Å². The molecule has 0 fully saturated rings. The van der Waals surface area contributed by atoms with Gasteiger partial charge in [-0.2, -0.15) is 0 Å². The smallest absolute Gasteiger partial charge is 0.227 e. The maximum absolute atomic E-state index is 12.5. The Hall–Kier alpha value is -1.06. The van der Waals surface area contributed by atoms with Gasteiger partial charge in [0, 0.05) is 11.6 Å². The Morgan fingerprint density at radius 1 is 1.33 bits per heavy atom. The molecule has 0 bridgehead atoms. The number of carbonyl (C=O) groups excluding carboxylic acids is 1. The molecule has 0 heterocycles. The Balaban J connectivity index is 2.77. The van der Waals surface area contributed by atoms with E-state index >= 15 is 0 Å². The summed E-state index contributed by atoms with van der Waals surface area (Å²) in [5, 5.41) is 13.7. The number of halogens is 1. The highest BCUT2D eigenvalue weighted by Gasteiger charge is 2.26. The van der Waals surface area contributed by atoms with Gasteiger partial charge in [0.25, 0.3) is 0 Å². The van der Waals surface area contributed by atoms with Gasteiger partial charge in [0.1, 0.15) is 0 Å². The first-order valence-electron chi connectivity index (χ1n) is 7.52. The van der Waals surface area contributed by atoms with Crippen molar-refractivity contribution in [3.05, 3.63) is 34.9 Å². The molecular weight excluding hydrogens is 286 g/mol. The Labute approximate surface area is 132 Å². The number of amides is 1. The van der Waals surface area contributed by atoms with E-state index in [2.05, 4.69) is 5.32 Å². The Morgan fingerprint density at radius 2 is 1.90 bits per heavy atom. The van der Waals surface area contributed by atoms with Crippen LogP contribution in [0.5, 0.6) is 0 Å². The first kappa shape index (κ1) is 18.0. The molecular formula is C17H26ClNO2. The highest BCUT2D eigenvalue weighted by atomic mass is 35.5. The molecule has 0 saturated carbocycles. The fourth-order valence-corrected chi connectivity index (χ4v) is 2.65. The third-order valence-corrected chi connectivity index (χ3v) is 3.86. The highest BCUT2D eigenvalue weighted by Crippen LogP contribution is 2.26. The number of aliphatic hydroxyl groups is 1. The van der Waals surface area contributed by atoms with Crippen LogP contribution in [-0.2, 0) is 4.79 Å². The van der Waals surface area contributed by atoms with E-state index in [1.807, 2.05) is 32.9 Å². The second-order valence-corrected chi connectivity index (χ2v) is 6.67. The predicted octanol–water partition coefficient (Wildman–Crippen LogP) is 3.75. The van der Waals surface area contributed by atoms with Crippen molar-refractivity contribution < 1.29 is 9.90 Å². The molecule has 1 aromatic rings. The molecule has 1 rings (SSSR count). The third-order valence-electron chi connectivity index (χ3n) is 3.61. The molecule has 1 amide bonds. The summed E-state index contributed by atoms with van der Waals surface area (Å²) in [5.74, 6) is -0.120. The molecule has 0 aromatic heterocycles. The Morgan fingerprint density at radius 3 is 2.38 bits per heavy atom. The molecule has 0 aliphatic heterocycles. The molecule has 0 aliphatic rings. The molecule has 1 aromatic carbocycles. The van der Waals surface area contributed by atoms with Crippen molar-refractivity contribution in [2.24, 2.45) is 5.92 Å². The van der Waals surface area contributed by atoms with Gasteiger partial charge in [-0.15, -0.1) is 0 Å². The lowest BCUT2D eigenvalue weighted by atomic mass is 9.87. The van der Waals surface area contributed by atoms with Gasteiger partial charge in [-0.05, 0) is 37.0 Å². The first-order valence-corrected chi connectivity index (χ1v) is 7.90. The van der Waals surface area contributed by atoms with Crippen molar-refractivity contribution >= 4 is 17.5 Å². The van der Waals surface area contributed by atoms with Crippen LogP contribution in [0.2, 0.25) is 5.02 Å². The molecule has 0 aliphatic carbocycles. The summed E-state index contributed by atoms with van der Waals surface area (Å²) in [6, 6.07) is 7.37. The number of rotatable bonds is 7. The fraction of sp³-hybridized carbons (Fsp3) is 0.588. The lowest BCUT2D eigenvalue weighted by Crippen LogP contribution is -2.43. The zero-order chi connectivity index (χ0) is 16.0. The summed E-state index contributed by atoms with van der Waals surface area (Å²) in [5.41, 5.74) is 0.0911. The molecule has 118 valence electrons. The van der Waals surface area contributed by atoms with Gasteiger partial charge in [0.05, 0.1) is 11.5 Å². The average molecular weight is 312 g/mol. The third kappa shape index (κ3) is 5.68. The van der Waals surface area contributed by atoms with Crippen molar-refractivity contribution in [2.75, 3.05) is 6.54 Å². The van der Waals surface area contributed by atoms with Gasteiger partial charge >= 0.3 is 0 Å². The largest absolute Gasteiger partial charge is 0.388 e. The first-order chi connectivity index (χ1) is 9.76. The predicted molar refractivity (Wildman–Crippen MR) is 87.6 cm³/mol. The van der Waals surface area contributed by atoms with Gasteiger partial charge in [-0.3, -0.25) is 4.79 Å². The standard InChI is InChI=1S/C17H26ClNO2/c1-5-10-17(4,21)11-19-16(20)15(12(2)3)13-6-8-14(18)9-7-13/h6-9,12,15,21H,5,10-11H2,1-4H3,(H,19,20). The Bertz CT molecular complexity index is 454. The molecule has 2 atom stereocenters. The molecule has 21 heavy (non-hydrogen) atoms. The number of benzene rings is 1. The van der Waals surface area contributed by atoms with E-state index in [-0.39, 0.29) is 24.3 Å². The maximum atomic E-state index is 12.5. The van der Waals surface area contributed by atoms with Crippen LogP contribution in [0.3, 0.4) is 0 Å². The van der Waals surface area contributed by atoms with Crippen molar-refractivity contribution in [1.29, 1.82) is 0 Å². The van der Waals surface area contributed by atoms with Crippen molar-refractivity contribution in [3.8, 4) is 0 Å². The maximum Gasteiger partial charge on any atom is 0.227 e. The van der Waals surface area contributed by atoms with E-state index in [1.165, 1.54) is 0 Å². The molecule has 0 radical (unpaired) electrons. The summed E-state index contributed by atoms with van der Waals surface area (Å²) in [4.78, 5) is 12.5. The summed E-state index contributed by atoms with van der Waals surface area (Å²) in [7, 11) is 0. The van der Waals surface area contributed by atoms with Crippen LogP contribution < -0.4 is 5.32 Å². The van der Waals surface area contributed by atoms with Gasteiger partial charge in [-0.25, -0.2) is 0 Å². The van der Waals surface area contributed by atoms with Crippen LogP contribution in [0.15, 0.2) is 24.3 Å². The monoisotopic (exact) mass is 311 g/mol. The SMILES string of the molecule is CCCC(C)(O)CNC(=O)C(c1ccc(Cl)cc1)C(C)C. The highest BCUT2D eigenvalue weighted by molar-refractivity contribution is 6.30. The lowest BCUT2D eigenvalue weighted by molar-refractivity contribution is -0.124. The molecule has 2 N–H and O–H groups in total. The minimum absolute atomic E-state index is 0.0521. The van der Waals surface area contributed by atoms with Crippen molar-refractivity contribution in [1.82, 2.24) is 5.32 Å². The number of hydrogen-bond acceptors (Lipinski definition) is 2. The van der Waals surface area contributed by atoms with Crippen LogP contribution in [0, 0.1) is 5.92 Å². The van der Waals surface area contributed by atoms with Crippen LogP contribution in [0.4, 0.5) is 0 Å². The molecule has 0 saturated heterocycles. The van der Waals surface area contributed by atoms with Crippen molar-refractivity contribution in [2.45, 2.75) is 52.1 Å². The summed E-state index contributed by atoms with van der Waals surface area (Å²) in [6.45, 7) is 8.08. The van der Waals surface area contributed by atoms with E-state index in [9.17, 15) is 9.90 Å². The van der Waals surface area contributed by atoms with Crippen LogP contribution in [0.25, 0.3) is 0 Å². The van der Waals surface area contributed by atoms with E-state index in [4.69, 9.17) is 11.6 Å². The van der Waals surface area contributed by atoms with E-state index < -0.39 is 5.60 Å². The van der Waals surface area contributed by atoms with Crippen LogP contribution in [-0.4, -0.2) is 23.2 Å². The second-order valence-electron chi connectivity index (χ2n) is 6.24. The van der Waals surface area contributed by atoms with Gasteiger partial charge < -0.3 is 10.4 Å². The topological polar surface area (TPSA) is 49.3 Å². The quantitative estimate of drug-likeness (QED) is 0.805. The lowest BCUT2D eigenvalue weighted by Gasteiger charge is -2.26. The summed E-state index contributed by atoms with van der Waals surface area (Å²) in [6.07, 6.45) is 1.55. The second kappa shape index (κ2) is 7.81. The molecule has 2 unspecified atom stereocenters. The van der Waals surface area contributed by atoms with E-state index in [0.29, 0.717) is 11.4 Å². The zero-order valence-corrected chi connectivity index (χ0v) is 14.1. The van der Waals surface area contributed by atoms with Crippen LogP contribution in [0.1, 0.15) is 52.0 Å². The molecule has 0 spiro atoms. The Kier molecular flexibility index (Phi) is 6.69. The van der Waals surface area contributed by atoms with Gasteiger partial charge in [0.2, 0.25) is 5.91 Å². The minimum atomic E-state index is -0.855. The van der Waals surface area contributed by atoms with Gasteiger partial charge in [0.15, 0.2) is 0 Å². The number of hydrogen-bond donors (Lipinski definition) is 2. The van der Waals surface area contributed by atoms with Crippen LogP contribution >= 0.6 is 11.6 Å². The average Bonchev–Trinajstić information content (AvgIpc) is 2.39. The summed E-state index contributed by atoms with van der Waals surface area (Å²) >= 11 is 5.90. The summed E-state index contributed by atoms with van der Waals surface area (Å²) < 4.78 is 0. The van der Waals surface area contributed by atoms with Gasteiger partial charge in [-0.1, -0.05) is 50.9 Å². The zero-order valence-electron chi connectivity index (χ0n) is 13.3. The number of nitrogens with one attached hydrogen (secondary N) is 1. The normalized spacial score (nSPS) is 15.6. The molecule has 4 heteroatoms. The molecule has 3 nitrogen and oxygen atoms in total. The minimum Gasteiger partial charge on any atom is -0.388 e.